The topological polar surface area (TPSA) is 46.6 Å². The standard InChI is InChI=1S/C11H17NO3/c1-3-12-9-5-7(6-10(12)13)4-8(9)11(14)15-2/h7-9H,3-6H2,1-2H3/t7-,8-,9+/m0/s1. The number of amides is 1. The Kier molecular flexibility index (Phi) is 2.67. The monoisotopic (exact) mass is 211 g/mol. The van der Waals surface area contributed by atoms with Crippen LogP contribution in [0, 0.1) is 11.8 Å². The van der Waals surface area contributed by atoms with E-state index < -0.39 is 0 Å². The summed E-state index contributed by atoms with van der Waals surface area (Å²) in [6, 6.07) is 0.0914. The number of carbonyl (C=O) groups is 2. The summed E-state index contributed by atoms with van der Waals surface area (Å²) in [6.45, 7) is 2.66. The normalized spacial score (nSPS) is 34.4. The molecule has 2 rings (SSSR count). The Bertz CT molecular complexity index is 290. The van der Waals surface area contributed by atoms with Gasteiger partial charge in [-0.15, -0.1) is 0 Å². The number of nitrogens with zero attached hydrogens (tertiary/aromatic N) is 1. The molecule has 1 amide bonds. The first kappa shape index (κ1) is 10.5. The molecule has 2 bridgehead atoms. The van der Waals surface area contributed by atoms with Gasteiger partial charge >= 0.3 is 5.97 Å². The molecular weight excluding hydrogens is 194 g/mol. The average Bonchev–Trinajstić information content (AvgIpc) is 2.56. The van der Waals surface area contributed by atoms with E-state index >= 15 is 0 Å². The third kappa shape index (κ3) is 1.62. The summed E-state index contributed by atoms with van der Waals surface area (Å²) in [6.07, 6.45) is 2.40. The molecule has 2 aliphatic rings. The minimum Gasteiger partial charge on any atom is -0.469 e. The SMILES string of the molecule is CCN1C(=O)C[C@H]2C[C@H](C(=O)OC)[C@H]1C2. The lowest BCUT2D eigenvalue weighted by Gasteiger charge is -2.33. The van der Waals surface area contributed by atoms with E-state index in [1.807, 2.05) is 11.8 Å². The van der Waals surface area contributed by atoms with Crippen molar-refractivity contribution in [1.29, 1.82) is 0 Å². The van der Waals surface area contributed by atoms with Crippen LogP contribution < -0.4 is 0 Å². The molecule has 4 heteroatoms. The van der Waals surface area contributed by atoms with Crippen molar-refractivity contribution in [3.8, 4) is 0 Å². The fourth-order valence-electron chi connectivity index (χ4n) is 2.99. The Hall–Kier alpha value is -1.06. The average molecular weight is 211 g/mol. The molecule has 1 heterocycles. The highest BCUT2D eigenvalue weighted by atomic mass is 16.5. The molecule has 1 aliphatic heterocycles. The number of piperidine rings is 1. The number of rotatable bonds is 2. The van der Waals surface area contributed by atoms with Gasteiger partial charge in [-0.05, 0) is 25.7 Å². The van der Waals surface area contributed by atoms with E-state index in [0.29, 0.717) is 18.9 Å². The molecule has 1 saturated carbocycles. The third-order valence-corrected chi connectivity index (χ3v) is 3.66. The summed E-state index contributed by atoms with van der Waals surface area (Å²) >= 11 is 0. The zero-order chi connectivity index (χ0) is 11.0. The summed E-state index contributed by atoms with van der Waals surface area (Å²) in [5.41, 5.74) is 0. The molecule has 0 unspecified atom stereocenters. The Balaban J connectivity index is 2.18. The van der Waals surface area contributed by atoms with Gasteiger partial charge in [0.25, 0.3) is 0 Å². The summed E-state index contributed by atoms with van der Waals surface area (Å²) in [5, 5.41) is 0. The molecule has 0 aromatic rings. The zero-order valence-electron chi connectivity index (χ0n) is 9.23. The fraction of sp³-hybridized carbons (Fsp3) is 0.818. The summed E-state index contributed by atoms with van der Waals surface area (Å²) in [7, 11) is 1.42. The first-order valence-corrected chi connectivity index (χ1v) is 5.54. The molecule has 3 atom stereocenters. The van der Waals surface area contributed by atoms with Crippen molar-refractivity contribution in [2.75, 3.05) is 13.7 Å². The van der Waals surface area contributed by atoms with Crippen LogP contribution in [0.5, 0.6) is 0 Å². The third-order valence-electron chi connectivity index (χ3n) is 3.66. The van der Waals surface area contributed by atoms with Crippen LogP contribution in [0.3, 0.4) is 0 Å². The van der Waals surface area contributed by atoms with Crippen molar-refractivity contribution >= 4 is 11.9 Å². The van der Waals surface area contributed by atoms with E-state index in [2.05, 4.69) is 0 Å². The molecule has 4 nitrogen and oxygen atoms in total. The fourth-order valence-corrected chi connectivity index (χ4v) is 2.99. The highest BCUT2D eigenvalue weighted by Gasteiger charge is 2.47. The van der Waals surface area contributed by atoms with Crippen molar-refractivity contribution in [3.63, 3.8) is 0 Å². The molecular formula is C11H17NO3. The lowest BCUT2D eigenvalue weighted by atomic mass is 9.98. The number of methoxy groups -OCH3 is 1. The first-order chi connectivity index (χ1) is 7.17. The van der Waals surface area contributed by atoms with E-state index in [0.717, 1.165) is 12.8 Å². The van der Waals surface area contributed by atoms with Crippen LogP contribution >= 0.6 is 0 Å². The number of fused-ring (bicyclic) bond motifs is 2. The molecule has 1 saturated heterocycles. The molecule has 15 heavy (non-hydrogen) atoms. The van der Waals surface area contributed by atoms with E-state index in [9.17, 15) is 9.59 Å². The summed E-state index contributed by atoms with van der Waals surface area (Å²) in [4.78, 5) is 25.1. The number of carbonyl (C=O) groups excluding carboxylic acids is 2. The molecule has 1 aliphatic carbocycles. The molecule has 0 N–H and O–H groups in total. The Morgan fingerprint density at radius 1 is 1.53 bits per heavy atom. The number of likely N-dealkylation sites (tertiary alicyclic amines) is 1. The lowest BCUT2D eigenvalue weighted by Crippen LogP contribution is -2.46. The predicted octanol–water partition coefficient (Wildman–Crippen LogP) is 0.806. The Labute approximate surface area is 89.6 Å². The van der Waals surface area contributed by atoms with Gasteiger partial charge in [0.15, 0.2) is 0 Å². The van der Waals surface area contributed by atoms with Gasteiger partial charge in [-0.3, -0.25) is 9.59 Å². The Morgan fingerprint density at radius 2 is 2.27 bits per heavy atom. The van der Waals surface area contributed by atoms with E-state index in [1.54, 1.807) is 0 Å². The first-order valence-electron chi connectivity index (χ1n) is 5.54. The summed E-state index contributed by atoms with van der Waals surface area (Å²) in [5.74, 6) is 0.349. The van der Waals surface area contributed by atoms with Gasteiger partial charge in [-0.2, -0.15) is 0 Å². The molecule has 2 fully saturated rings. The molecule has 0 aromatic heterocycles. The van der Waals surface area contributed by atoms with Crippen LogP contribution in [0.25, 0.3) is 0 Å². The highest BCUT2D eigenvalue weighted by molar-refractivity contribution is 5.81. The maximum atomic E-state index is 11.7. The van der Waals surface area contributed by atoms with Gasteiger partial charge in [0, 0.05) is 19.0 Å². The van der Waals surface area contributed by atoms with Crippen LogP contribution in [0.4, 0.5) is 0 Å². The maximum Gasteiger partial charge on any atom is 0.310 e. The van der Waals surface area contributed by atoms with E-state index in [1.165, 1.54) is 7.11 Å². The second kappa shape index (κ2) is 3.83. The van der Waals surface area contributed by atoms with Gasteiger partial charge in [0.2, 0.25) is 5.91 Å². The van der Waals surface area contributed by atoms with E-state index in [4.69, 9.17) is 4.74 Å². The van der Waals surface area contributed by atoms with Crippen molar-refractivity contribution in [2.24, 2.45) is 11.8 Å². The van der Waals surface area contributed by atoms with Gasteiger partial charge in [0.05, 0.1) is 13.0 Å². The minimum atomic E-state index is -0.157. The van der Waals surface area contributed by atoms with Crippen LogP contribution in [-0.2, 0) is 14.3 Å². The highest BCUT2D eigenvalue weighted by Crippen LogP contribution is 2.41. The largest absolute Gasteiger partial charge is 0.469 e. The minimum absolute atomic E-state index is 0.0913. The number of hydrogen-bond donors (Lipinski definition) is 0. The van der Waals surface area contributed by atoms with Crippen molar-refractivity contribution in [2.45, 2.75) is 32.2 Å². The van der Waals surface area contributed by atoms with E-state index in [-0.39, 0.29) is 23.8 Å². The number of esters is 1. The molecule has 0 aromatic carbocycles. The van der Waals surface area contributed by atoms with Gasteiger partial charge in [-0.25, -0.2) is 0 Å². The quantitative estimate of drug-likeness (QED) is 0.635. The van der Waals surface area contributed by atoms with Crippen LogP contribution in [0.2, 0.25) is 0 Å². The predicted molar refractivity (Wildman–Crippen MR) is 54.0 cm³/mol. The van der Waals surface area contributed by atoms with Gasteiger partial charge < -0.3 is 9.64 Å². The van der Waals surface area contributed by atoms with Gasteiger partial charge in [-0.1, -0.05) is 0 Å². The number of ether oxygens (including phenoxy) is 1. The van der Waals surface area contributed by atoms with Crippen LogP contribution in [-0.4, -0.2) is 36.5 Å². The molecule has 84 valence electrons. The molecule has 0 radical (unpaired) electrons. The zero-order valence-corrected chi connectivity index (χ0v) is 9.23. The molecule has 0 spiro atoms. The maximum absolute atomic E-state index is 11.7. The van der Waals surface area contributed by atoms with Crippen LogP contribution in [0.15, 0.2) is 0 Å². The Morgan fingerprint density at radius 3 is 2.87 bits per heavy atom. The van der Waals surface area contributed by atoms with Crippen LogP contribution in [0.1, 0.15) is 26.2 Å². The summed E-state index contributed by atoms with van der Waals surface area (Å²) < 4.78 is 4.79. The van der Waals surface area contributed by atoms with Gasteiger partial charge in [0.1, 0.15) is 0 Å². The smallest absolute Gasteiger partial charge is 0.310 e. The number of hydrogen-bond acceptors (Lipinski definition) is 3. The second-order valence-corrected chi connectivity index (χ2v) is 4.42. The lowest BCUT2D eigenvalue weighted by molar-refractivity contribution is -0.148. The second-order valence-electron chi connectivity index (χ2n) is 4.42. The van der Waals surface area contributed by atoms with Crippen molar-refractivity contribution in [3.05, 3.63) is 0 Å². The van der Waals surface area contributed by atoms with Crippen molar-refractivity contribution in [1.82, 2.24) is 4.90 Å². The van der Waals surface area contributed by atoms with Crippen molar-refractivity contribution < 1.29 is 14.3 Å².